The van der Waals surface area contributed by atoms with Gasteiger partial charge in [-0.25, -0.2) is 0 Å². The molecule has 3 unspecified atom stereocenters. The molecule has 19 heavy (non-hydrogen) atoms. The van der Waals surface area contributed by atoms with Crippen molar-refractivity contribution in [3.63, 3.8) is 0 Å². The molecule has 0 spiro atoms. The summed E-state index contributed by atoms with van der Waals surface area (Å²) in [7, 11) is -1.76. The predicted molar refractivity (Wildman–Crippen MR) is 82.7 cm³/mol. The monoisotopic (exact) mass is 282 g/mol. The lowest BCUT2D eigenvalue weighted by Crippen LogP contribution is -2.49. The molecule has 0 aliphatic heterocycles. The molecule has 1 fully saturated rings. The Morgan fingerprint density at radius 3 is 2.53 bits per heavy atom. The topological polar surface area (TPSA) is 29.5 Å². The summed E-state index contributed by atoms with van der Waals surface area (Å²) in [5.74, 6) is 0.287. The predicted octanol–water partition coefficient (Wildman–Crippen LogP) is 4.26. The molecular formula is C16H30O2Si. The molecule has 1 saturated carbocycles. The molecule has 3 heteroatoms. The molecule has 0 saturated heterocycles. The standard InChI is InChI=1S/C16H30O2Si/c1-12-11-14(18-19(5,6)15(2,3)4)13-9-7-8-10-16(12,13)17/h11,13-14,17H,7-10H2,1-6H3. The van der Waals surface area contributed by atoms with Crippen LogP contribution in [0.2, 0.25) is 18.1 Å². The van der Waals surface area contributed by atoms with Crippen molar-refractivity contribution in [2.75, 3.05) is 0 Å². The van der Waals surface area contributed by atoms with E-state index in [1.165, 1.54) is 6.42 Å². The second-order valence-corrected chi connectivity index (χ2v) is 12.7. The summed E-state index contributed by atoms with van der Waals surface area (Å²) in [5.41, 5.74) is 0.562. The van der Waals surface area contributed by atoms with E-state index in [2.05, 4.69) is 46.9 Å². The summed E-state index contributed by atoms with van der Waals surface area (Å²) in [4.78, 5) is 0. The van der Waals surface area contributed by atoms with Gasteiger partial charge in [-0.15, -0.1) is 0 Å². The molecule has 2 rings (SSSR count). The largest absolute Gasteiger partial charge is 0.410 e. The number of rotatable bonds is 2. The Morgan fingerprint density at radius 2 is 1.95 bits per heavy atom. The number of aliphatic hydroxyl groups is 1. The molecule has 2 aliphatic rings. The molecule has 3 atom stereocenters. The lowest BCUT2D eigenvalue weighted by Gasteiger charge is -2.43. The summed E-state index contributed by atoms with van der Waals surface area (Å²) >= 11 is 0. The fourth-order valence-electron chi connectivity index (χ4n) is 3.25. The van der Waals surface area contributed by atoms with Gasteiger partial charge in [0.05, 0.1) is 11.7 Å². The molecule has 2 nitrogen and oxygen atoms in total. The number of hydrogen-bond donors (Lipinski definition) is 1. The van der Waals surface area contributed by atoms with Gasteiger partial charge in [0.25, 0.3) is 0 Å². The van der Waals surface area contributed by atoms with E-state index in [0.29, 0.717) is 0 Å². The zero-order valence-electron chi connectivity index (χ0n) is 13.4. The quantitative estimate of drug-likeness (QED) is 0.606. The molecule has 0 amide bonds. The van der Waals surface area contributed by atoms with Gasteiger partial charge in [-0.05, 0) is 43.5 Å². The third-order valence-electron chi connectivity index (χ3n) is 5.67. The Labute approximate surface area is 119 Å². The fourth-order valence-corrected chi connectivity index (χ4v) is 4.51. The van der Waals surface area contributed by atoms with Gasteiger partial charge < -0.3 is 9.53 Å². The Hall–Kier alpha value is -0.123. The zero-order chi connectivity index (χ0) is 14.5. The van der Waals surface area contributed by atoms with E-state index in [1.54, 1.807) is 0 Å². The van der Waals surface area contributed by atoms with Crippen LogP contribution in [0.15, 0.2) is 11.6 Å². The SMILES string of the molecule is CC1=CC(O[Si](C)(C)C(C)(C)C)C2CCCCC12O. The first-order valence-electron chi connectivity index (χ1n) is 7.67. The van der Waals surface area contributed by atoms with Crippen molar-refractivity contribution >= 4 is 8.32 Å². The molecule has 0 bridgehead atoms. The molecule has 0 aromatic rings. The minimum absolute atomic E-state index is 0.131. The third-order valence-corrected chi connectivity index (χ3v) is 10.1. The van der Waals surface area contributed by atoms with Crippen LogP contribution in [0.25, 0.3) is 0 Å². The lowest BCUT2D eigenvalue weighted by molar-refractivity contribution is -0.0373. The van der Waals surface area contributed by atoms with Crippen LogP contribution in [0, 0.1) is 5.92 Å². The van der Waals surface area contributed by atoms with Crippen LogP contribution in [0.4, 0.5) is 0 Å². The summed E-state index contributed by atoms with van der Waals surface area (Å²) in [6.45, 7) is 13.5. The zero-order valence-corrected chi connectivity index (χ0v) is 14.4. The highest BCUT2D eigenvalue weighted by atomic mass is 28.4. The maximum atomic E-state index is 10.9. The minimum Gasteiger partial charge on any atom is -0.410 e. The van der Waals surface area contributed by atoms with Crippen LogP contribution >= 0.6 is 0 Å². The Bertz CT molecular complexity index is 381. The van der Waals surface area contributed by atoms with Crippen molar-refractivity contribution in [2.24, 2.45) is 5.92 Å². The fraction of sp³-hybridized carbons (Fsp3) is 0.875. The first-order valence-corrected chi connectivity index (χ1v) is 10.6. The van der Waals surface area contributed by atoms with Crippen molar-refractivity contribution in [1.82, 2.24) is 0 Å². The van der Waals surface area contributed by atoms with Crippen LogP contribution in [0.1, 0.15) is 53.4 Å². The average molecular weight is 282 g/mol. The van der Waals surface area contributed by atoms with Crippen molar-refractivity contribution in [3.05, 3.63) is 11.6 Å². The van der Waals surface area contributed by atoms with Crippen molar-refractivity contribution in [3.8, 4) is 0 Å². The molecule has 2 aliphatic carbocycles. The van der Waals surface area contributed by atoms with Gasteiger partial charge in [0.15, 0.2) is 8.32 Å². The van der Waals surface area contributed by atoms with Gasteiger partial charge in [-0.3, -0.25) is 0 Å². The van der Waals surface area contributed by atoms with Gasteiger partial charge in [0, 0.05) is 5.92 Å². The second-order valence-electron chi connectivity index (χ2n) is 7.97. The molecular weight excluding hydrogens is 252 g/mol. The van der Waals surface area contributed by atoms with Gasteiger partial charge >= 0.3 is 0 Å². The van der Waals surface area contributed by atoms with Crippen LogP contribution < -0.4 is 0 Å². The summed E-state index contributed by atoms with van der Waals surface area (Å²) < 4.78 is 6.57. The van der Waals surface area contributed by atoms with E-state index in [1.807, 2.05) is 0 Å². The smallest absolute Gasteiger partial charge is 0.192 e. The molecule has 0 aromatic heterocycles. The van der Waals surface area contributed by atoms with Crippen molar-refractivity contribution < 1.29 is 9.53 Å². The number of fused-ring (bicyclic) bond motifs is 1. The van der Waals surface area contributed by atoms with E-state index in [9.17, 15) is 5.11 Å². The molecule has 0 heterocycles. The van der Waals surface area contributed by atoms with Crippen molar-refractivity contribution in [1.29, 1.82) is 0 Å². The van der Waals surface area contributed by atoms with E-state index in [0.717, 1.165) is 24.8 Å². The van der Waals surface area contributed by atoms with Crippen molar-refractivity contribution in [2.45, 2.75) is 83.2 Å². The maximum absolute atomic E-state index is 10.9. The second kappa shape index (κ2) is 4.71. The highest BCUT2D eigenvalue weighted by molar-refractivity contribution is 6.74. The van der Waals surface area contributed by atoms with Gasteiger partial charge in [0.1, 0.15) is 0 Å². The van der Waals surface area contributed by atoms with E-state index >= 15 is 0 Å². The van der Waals surface area contributed by atoms with Gasteiger partial charge in [-0.2, -0.15) is 0 Å². The molecule has 1 N–H and O–H groups in total. The summed E-state index contributed by atoms with van der Waals surface area (Å²) in [6.07, 6.45) is 6.72. The highest BCUT2D eigenvalue weighted by Gasteiger charge is 2.51. The van der Waals surface area contributed by atoms with E-state index < -0.39 is 13.9 Å². The Kier molecular flexibility index (Phi) is 3.79. The average Bonchev–Trinajstić information content (AvgIpc) is 2.49. The Morgan fingerprint density at radius 1 is 1.32 bits per heavy atom. The van der Waals surface area contributed by atoms with E-state index in [-0.39, 0.29) is 17.1 Å². The lowest BCUT2D eigenvalue weighted by atomic mass is 9.74. The summed E-state index contributed by atoms with van der Waals surface area (Å²) in [6, 6.07) is 0. The van der Waals surface area contributed by atoms with Crippen LogP contribution in [0.5, 0.6) is 0 Å². The van der Waals surface area contributed by atoms with Crippen LogP contribution in [0.3, 0.4) is 0 Å². The number of hydrogen-bond acceptors (Lipinski definition) is 2. The van der Waals surface area contributed by atoms with Gasteiger partial charge in [0.2, 0.25) is 0 Å². The third kappa shape index (κ3) is 2.57. The Balaban J connectivity index is 2.19. The van der Waals surface area contributed by atoms with Crippen LogP contribution in [-0.2, 0) is 4.43 Å². The molecule has 0 radical (unpaired) electrons. The van der Waals surface area contributed by atoms with E-state index in [4.69, 9.17) is 4.43 Å². The maximum Gasteiger partial charge on any atom is 0.192 e. The first kappa shape index (κ1) is 15.3. The molecule has 0 aromatic carbocycles. The first-order chi connectivity index (χ1) is 8.58. The summed E-state index contributed by atoms with van der Waals surface area (Å²) in [5, 5.41) is 11.1. The minimum atomic E-state index is -1.76. The highest BCUT2D eigenvalue weighted by Crippen LogP contribution is 2.49. The molecule has 110 valence electrons. The normalized spacial score (nSPS) is 36.1. The van der Waals surface area contributed by atoms with Crippen LogP contribution in [-0.4, -0.2) is 25.1 Å². The van der Waals surface area contributed by atoms with Gasteiger partial charge in [-0.1, -0.05) is 39.7 Å².